The lowest BCUT2D eigenvalue weighted by Gasteiger charge is -2.48. The highest BCUT2D eigenvalue weighted by molar-refractivity contribution is 6.77. The predicted octanol–water partition coefficient (Wildman–Crippen LogP) is 8.23. The third-order valence-electron chi connectivity index (χ3n) is 9.64. The lowest BCUT2D eigenvalue weighted by atomic mass is 9.74. The van der Waals surface area contributed by atoms with E-state index in [1.165, 1.54) is 25.7 Å². The summed E-state index contributed by atoms with van der Waals surface area (Å²) in [6, 6.07) is 0. The fourth-order valence-electron chi connectivity index (χ4n) is 6.76. The Labute approximate surface area is 201 Å². The fourth-order valence-corrected chi connectivity index (χ4v) is 13.4. The third kappa shape index (κ3) is 4.39. The molecule has 0 N–H and O–H groups in total. The van der Waals surface area contributed by atoms with Gasteiger partial charge in [-0.25, -0.2) is 0 Å². The summed E-state index contributed by atoms with van der Waals surface area (Å²) in [5.74, 6) is 0.541. The van der Waals surface area contributed by atoms with Crippen LogP contribution >= 0.6 is 0 Å². The topological polar surface area (TPSA) is 27.7 Å². The smallest absolute Gasteiger partial charge is 0.200 e. The summed E-state index contributed by atoms with van der Waals surface area (Å²) in [6.45, 7) is 26.7. The van der Waals surface area contributed by atoms with Crippen LogP contribution < -0.4 is 0 Å². The largest absolute Gasteiger partial charge is 0.413 e. The molecule has 1 spiro atoms. The zero-order chi connectivity index (χ0) is 24.2. The Kier molecular flexibility index (Phi) is 7.44. The number of hydrogen-bond acceptors (Lipinski definition) is 3. The maximum atomic E-state index is 7.49. The summed E-state index contributed by atoms with van der Waals surface area (Å²) in [4.78, 5) is 0. The van der Waals surface area contributed by atoms with Crippen molar-refractivity contribution in [3.63, 3.8) is 0 Å². The summed E-state index contributed by atoms with van der Waals surface area (Å²) in [5.41, 5.74) is 1.25. The lowest BCUT2D eigenvalue weighted by Crippen LogP contribution is -2.57. The van der Waals surface area contributed by atoms with Gasteiger partial charge in [0.1, 0.15) is 5.60 Å². The molecule has 4 atom stereocenters. The van der Waals surface area contributed by atoms with Crippen LogP contribution in [-0.2, 0) is 13.6 Å². The van der Waals surface area contributed by atoms with Crippen molar-refractivity contribution in [2.75, 3.05) is 6.61 Å². The van der Waals surface area contributed by atoms with E-state index in [1.807, 2.05) is 0 Å². The third-order valence-corrected chi connectivity index (χ3v) is 20.2. The minimum Gasteiger partial charge on any atom is -0.413 e. The molecule has 1 aliphatic carbocycles. The van der Waals surface area contributed by atoms with Crippen molar-refractivity contribution in [1.82, 2.24) is 0 Å². The van der Waals surface area contributed by atoms with Gasteiger partial charge in [0.15, 0.2) is 8.32 Å². The van der Waals surface area contributed by atoms with E-state index in [9.17, 15) is 0 Å². The Morgan fingerprint density at radius 1 is 1.00 bits per heavy atom. The van der Waals surface area contributed by atoms with Crippen molar-refractivity contribution in [2.45, 2.75) is 146 Å². The Bertz CT molecular complexity index is 672. The van der Waals surface area contributed by atoms with Crippen LogP contribution in [0.3, 0.4) is 0 Å². The van der Waals surface area contributed by atoms with Crippen LogP contribution in [0.4, 0.5) is 0 Å². The summed E-state index contributed by atoms with van der Waals surface area (Å²) in [5, 5.41) is 0.189. The van der Waals surface area contributed by atoms with Crippen LogP contribution in [0.1, 0.15) is 94.4 Å². The zero-order valence-corrected chi connectivity index (χ0v) is 25.0. The summed E-state index contributed by atoms with van der Waals surface area (Å²) < 4.78 is 21.5. The molecule has 3 aliphatic rings. The maximum Gasteiger partial charge on any atom is 0.200 e. The first-order valence-electron chi connectivity index (χ1n) is 13.3. The summed E-state index contributed by atoms with van der Waals surface area (Å²) in [7, 11) is -3.92. The quantitative estimate of drug-likeness (QED) is 0.259. The lowest BCUT2D eigenvalue weighted by molar-refractivity contribution is -0.151. The molecule has 3 nitrogen and oxygen atoms in total. The molecule has 1 saturated carbocycles. The van der Waals surface area contributed by atoms with E-state index in [-0.39, 0.29) is 16.7 Å². The van der Waals surface area contributed by atoms with Crippen LogP contribution in [0.2, 0.25) is 34.8 Å². The first-order valence-corrected chi connectivity index (χ1v) is 18.4. The van der Waals surface area contributed by atoms with E-state index < -0.39 is 22.2 Å². The predicted molar refractivity (Wildman–Crippen MR) is 141 cm³/mol. The van der Waals surface area contributed by atoms with Gasteiger partial charge in [-0.3, -0.25) is 0 Å². The van der Waals surface area contributed by atoms with E-state index in [0.717, 1.165) is 6.42 Å². The van der Waals surface area contributed by atoms with Gasteiger partial charge < -0.3 is 13.6 Å². The van der Waals surface area contributed by atoms with E-state index in [1.54, 1.807) is 0 Å². The van der Waals surface area contributed by atoms with Crippen LogP contribution in [0.5, 0.6) is 0 Å². The molecule has 0 radical (unpaired) electrons. The van der Waals surface area contributed by atoms with Crippen molar-refractivity contribution in [1.29, 1.82) is 0 Å². The molecule has 186 valence electrons. The van der Waals surface area contributed by atoms with Gasteiger partial charge in [-0.2, -0.15) is 0 Å². The molecular formula is C27H52O3Si2. The van der Waals surface area contributed by atoms with Gasteiger partial charge in [-0.05, 0) is 47.6 Å². The van der Waals surface area contributed by atoms with Gasteiger partial charge in [0, 0.05) is 12.3 Å². The fraction of sp³-hybridized carbons (Fsp3) is 0.926. The van der Waals surface area contributed by atoms with Crippen molar-refractivity contribution in [2.24, 2.45) is 5.92 Å². The van der Waals surface area contributed by atoms with Crippen LogP contribution in [-0.4, -0.2) is 40.5 Å². The summed E-state index contributed by atoms with van der Waals surface area (Å²) >= 11 is 0. The van der Waals surface area contributed by atoms with E-state index in [0.29, 0.717) is 29.1 Å². The molecule has 0 amide bonds. The molecule has 0 aromatic carbocycles. The van der Waals surface area contributed by atoms with E-state index >= 15 is 0 Å². The highest BCUT2D eigenvalue weighted by Gasteiger charge is 2.63. The van der Waals surface area contributed by atoms with E-state index in [4.69, 9.17) is 13.6 Å². The van der Waals surface area contributed by atoms with Crippen molar-refractivity contribution >= 4 is 16.6 Å². The monoisotopic (exact) mass is 480 g/mol. The highest BCUT2D eigenvalue weighted by atomic mass is 28.4. The average Bonchev–Trinajstić information content (AvgIpc) is 2.89. The van der Waals surface area contributed by atoms with E-state index in [2.05, 4.69) is 87.6 Å². The normalized spacial score (nSPS) is 33.4. The molecule has 2 bridgehead atoms. The molecule has 2 aliphatic heterocycles. The second-order valence-corrected chi connectivity index (χ2v) is 23.7. The van der Waals surface area contributed by atoms with Crippen molar-refractivity contribution in [3.05, 3.63) is 12.2 Å². The molecule has 3 rings (SSSR count). The zero-order valence-electron chi connectivity index (χ0n) is 23.0. The molecule has 0 aromatic rings. The van der Waals surface area contributed by atoms with Crippen molar-refractivity contribution < 1.29 is 13.6 Å². The number of rotatable bonds is 8. The average molecular weight is 481 g/mol. The number of fused-ring (bicyclic) bond motifs is 1. The van der Waals surface area contributed by atoms with Crippen LogP contribution in [0.25, 0.3) is 0 Å². The molecule has 1 unspecified atom stereocenters. The van der Waals surface area contributed by atoms with Gasteiger partial charge in [0.2, 0.25) is 8.32 Å². The minimum atomic E-state index is -2.03. The molecule has 0 aromatic heterocycles. The molecular weight excluding hydrogens is 428 g/mol. The first-order chi connectivity index (χ1) is 14.6. The maximum absolute atomic E-state index is 7.49. The second-order valence-electron chi connectivity index (χ2n) is 13.5. The SMILES string of the molecule is CC(C)[Si](O[C@@H]1C[C@@]23CCCCC2C=C[C@@]1(CO[Si](C)(C)C(C)(C)C)O3)(C(C)C)C(C)C. The van der Waals surface area contributed by atoms with Gasteiger partial charge in [0.05, 0.1) is 18.3 Å². The molecule has 2 heterocycles. The number of hydrogen-bond donors (Lipinski definition) is 0. The summed E-state index contributed by atoms with van der Waals surface area (Å²) in [6.07, 6.45) is 11.0. The van der Waals surface area contributed by atoms with Crippen LogP contribution in [0.15, 0.2) is 12.2 Å². The van der Waals surface area contributed by atoms with Gasteiger partial charge in [-0.1, -0.05) is 87.3 Å². The molecule has 32 heavy (non-hydrogen) atoms. The van der Waals surface area contributed by atoms with Gasteiger partial charge in [0.25, 0.3) is 0 Å². The van der Waals surface area contributed by atoms with Gasteiger partial charge in [-0.15, -0.1) is 0 Å². The Morgan fingerprint density at radius 2 is 1.59 bits per heavy atom. The number of ether oxygens (including phenoxy) is 1. The second kappa shape index (κ2) is 8.93. The van der Waals surface area contributed by atoms with Gasteiger partial charge >= 0.3 is 0 Å². The first kappa shape index (κ1) is 26.7. The highest BCUT2D eigenvalue weighted by Crippen LogP contribution is 2.57. The van der Waals surface area contributed by atoms with Crippen LogP contribution in [0, 0.1) is 5.92 Å². The van der Waals surface area contributed by atoms with Crippen molar-refractivity contribution in [3.8, 4) is 0 Å². The molecule has 2 fully saturated rings. The molecule has 1 saturated heterocycles. The standard InChI is InChI=1S/C27H52O3Si2/c1-20(2)32(21(3)4,22(5)6)29-24-18-26-16-13-12-14-23(26)15-17-27(24,30-26)19-28-31(10,11)25(7,8)9/h15,17,20-24H,12-14,16,18-19H2,1-11H3/t23?,24-,26+,27+/m1/s1. The Morgan fingerprint density at radius 3 is 2.12 bits per heavy atom. The molecule has 5 heteroatoms. The Hall–Kier alpha value is 0.0538. The Balaban J connectivity index is 1.99. The minimum absolute atomic E-state index is 0.0421.